The van der Waals surface area contributed by atoms with Gasteiger partial charge in [0.05, 0.1) is 6.07 Å². The zero-order chi connectivity index (χ0) is 11.9. The number of carbonyl (C=O) groups excluding carboxylic acids is 1. The van der Waals surface area contributed by atoms with E-state index in [1.165, 1.54) is 25.7 Å². The van der Waals surface area contributed by atoms with Gasteiger partial charge in [0.15, 0.2) is 0 Å². The summed E-state index contributed by atoms with van der Waals surface area (Å²) in [5, 5.41) is 9.16. The number of carbonyl (C=O) groups is 1. The Labute approximate surface area is 103 Å². The zero-order valence-electron chi connectivity index (χ0n) is 10.3. The summed E-state index contributed by atoms with van der Waals surface area (Å²) in [5.41, 5.74) is -0.612. The Morgan fingerprint density at radius 2 is 1.88 bits per heavy atom. The molecule has 2 aliphatic carbocycles. The fourth-order valence-electron chi connectivity index (χ4n) is 3.65. The van der Waals surface area contributed by atoms with Gasteiger partial charge in [-0.1, -0.05) is 12.8 Å². The normalized spacial score (nSPS) is 34.6. The summed E-state index contributed by atoms with van der Waals surface area (Å²) >= 11 is 0. The van der Waals surface area contributed by atoms with Crippen molar-refractivity contribution < 1.29 is 4.79 Å². The highest BCUT2D eigenvalue weighted by Crippen LogP contribution is 2.48. The molecule has 1 heterocycles. The van der Waals surface area contributed by atoms with Gasteiger partial charge in [0.25, 0.3) is 0 Å². The Kier molecular flexibility index (Phi) is 2.61. The second kappa shape index (κ2) is 4.01. The molecular weight excluding hydrogens is 212 g/mol. The van der Waals surface area contributed by atoms with Gasteiger partial charge in [0.2, 0.25) is 5.91 Å². The Morgan fingerprint density at radius 1 is 1.18 bits per heavy atom. The lowest BCUT2D eigenvalue weighted by atomic mass is 9.78. The van der Waals surface area contributed by atoms with Crippen LogP contribution in [0.2, 0.25) is 0 Å². The average Bonchev–Trinajstić information content (AvgIpc) is 3.18. The molecule has 3 aliphatic rings. The number of likely N-dealkylation sites (tertiary alicyclic amines) is 1. The number of fused-ring (bicyclic) bond motifs is 1. The Morgan fingerprint density at radius 3 is 2.59 bits per heavy atom. The van der Waals surface area contributed by atoms with E-state index >= 15 is 0 Å². The first-order valence-corrected chi connectivity index (χ1v) is 6.99. The number of nitriles is 1. The van der Waals surface area contributed by atoms with Crippen molar-refractivity contribution in [3.63, 3.8) is 0 Å². The maximum absolute atomic E-state index is 12.5. The molecule has 0 radical (unpaired) electrons. The van der Waals surface area contributed by atoms with E-state index in [-0.39, 0.29) is 5.91 Å². The van der Waals surface area contributed by atoms with Crippen molar-refractivity contribution in [1.29, 1.82) is 5.26 Å². The largest absolute Gasteiger partial charge is 0.338 e. The third-order valence-electron chi connectivity index (χ3n) is 4.88. The average molecular weight is 232 g/mol. The molecule has 2 unspecified atom stereocenters. The summed E-state index contributed by atoms with van der Waals surface area (Å²) in [4.78, 5) is 14.5. The molecule has 1 saturated heterocycles. The third kappa shape index (κ3) is 1.74. The van der Waals surface area contributed by atoms with Gasteiger partial charge in [-0.05, 0) is 44.4 Å². The van der Waals surface area contributed by atoms with Crippen LogP contribution in [-0.4, -0.2) is 23.4 Å². The number of piperidine rings is 1. The fourth-order valence-corrected chi connectivity index (χ4v) is 3.65. The second-order valence-corrected chi connectivity index (χ2v) is 5.95. The highest BCUT2D eigenvalue weighted by molar-refractivity contribution is 5.88. The molecule has 0 aromatic rings. The van der Waals surface area contributed by atoms with Crippen LogP contribution in [0.4, 0.5) is 0 Å². The monoisotopic (exact) mass is 232 g/mol. The van der Waals surface area contributed by atoms with E-state index in [4.69, 9.17) is 5.26 Å². The van der Waals surface area contributed by atoms with Gasteiger partial charge in [-0.3, -0.25) is 4.79 Å². The molecule has 0 aromatic carbocycles. The Hall–Kier alpha value is -1.04. The molecule has 3 rings (SSSR count). The second-order valence-electron chi connectivity index (χ2n) is 5.95. The van der Waals surface area contributed by atoms with Gasteiger partial charge in [-0.15, -0.1) is 0 Å². The van der Waals surface area contributed by atoms with E-state index in [9.17, 15) is 4.79 Å². The number of nitrogens with zero attached hydrogens (tertiary/aromatic N) is 2. The van der Waals surface area contributed by atoms with Crippen molar-refractivity contribution >= 4 is 5.91 Å². The van der Waals surface area contributed by atoms with Crippen molar-refractivity contribution in [3.8, 4) is 6.07 Å². The molecule has 2 atom stereocenters. The van der Waals surface area contributed by atoms with Crippen LogP contribution in [0, 0.1) is 22.7 Å². The SMILES string of the molecule is N#CC1(C(=O)N2CCCC3CCCCC32)CC1. The summed E-state index contributed by atoms with van der Waals surface area (Å²) in [6.07, 6.45) is 9.03. The minimum Gasteiger partial charge on any atom is -0.338 e. The summed E-state index contributed by atoms with van der Waals surface area (Å²) in [6, 6.07) is 2.71. The Balaban J connectivity index is 1.77. The molecule has 3 nitrogen and oxygen atoms in total. The molecule has 0 bridgehead atoms. The first-order chi connectivity index (χ1) is 8.27. The molecule has 2 saturated carbocycles. The van der Waals surface area contributed by atoms with Gasteiger partial charge < -0.3 is 4.90 Å². The number of hydrogen-bond acceptors (Lipinski definition) is 2. The van der Waals surface area contributed by atoms with Crippen LogP contribution < -0.4 is 0 Å². The van der Waals surface area contributed by atoms with Crippen LogP contribution in [0.3, 0.4) is 0 Å². The molecular formula is C14H20N2O. The molecule has 0 spiro atoms. The lowest BCUT2D eigenvalue weighted by molar-refractivity contribution is -0.141. The molecule has 1 aliphatic heterocycles. The Bertz CT molecular complexity index is 365. The fraction of sp³-hybridized carbons (Fsp3) is 0.857. The van der Waals surface area contributed by atoms with Crippen molar-refractivity contribution in [1.82, 2.24) is 4.90 Å². The number of amides is 1. The number of hydrogen-bond donors (Lipinski definition) is 0. The smallest absolute Gasteiger partial charge is 0.243 e. The highest BCUT2D eigenvalue weighted by atomic mass is 16.2. The zero-order valence-corrected chi connectivity index (χ0v) is 10.3. The highest BCUT2D eigenvalue weighted by Gasteiger charge is 2.54. The lowest BCUT2D eigenvalue weighted by Gasteiger charge is -2.44. The number of rotatable bonds is 1. The van der Waals surface area contributed by atoms with E-state index in [0.717, 1.165) is 38.1 Å². The minimum atomic E-state index is -0.612. The first kappa shape index (κ1) is 11.1. The summed E-state index contributed by atoms with van der Waals surface area (Å²) in [6.45, 7) is 0.892. The predicted octanol–water partition coefficient (Wildman–Crippen LogP) is 2.47. The summed E-state index contributed by atoms with van der Waals surface area (Å²) in [7, 11) is 0. The van der Waals surface area contributed by atoms with Crippen LogP contribution >= 0.6 is 0 Å². The van der Waals surface area contributed by atoms with Crippen LogP contribution in [0.25, 0.3) is 0 Å². The molecule has 3 heteroatoms. The van der Waals surface area contributed by atoms with E-state index < -0.39 is 5.41 Å². The van der Waals surface area contributed by atoms with Gasteiger partial charge in [-0.2, -0.15) is 5.26 Å². The lowest BCUT2D eigenvalue weighted by Crippen LogP contribution is -2.51. The van der Waals surface area contributed by atoms with Gasteiger partial charge in [0.1, 0.15) is 5.41 Å². The van der Waals surface area contributed by atoms with E-state index in [1.807, 2.05) is 0 Å². The van der Waals surface area contributed by atoms with Gasteiger partial charge in [0, 0.05) is 12.6 Å². The van der Waals surface area contributed by atoms with Crippen molar-refractivity contribution in [2.45, 2.75) is 57.4 Å². The first-order valence-electron chi connectivity index (χ1n) is 6.99. The minimum absolute atomic E-state index is 0.150. The van der Waals surface area contributed by atoms with Crippen LogP contribution in [0.15, 0.2) is 0 Å². The van der Waals surface area contributed by atoms with Gasteiger partial charge >= 0.3 is 0 Å². The summed E-state index contributed by atoms with van der Waals surface area (Å²) in [5.74, 6) is 0.868. The van der Waals surface area contributed by atoms with Crippen molar-refractivity contribution in [2.24, 2.45) is 11.3 Å². The molecule has 0 aromatic heterocycles. The molecule has 92 valence electrons. The van der Waals surface area contributed by atoms with E-state index in [2.05, 4.69) is 11.0 Å². The van der Waals surface area contributed by atoms with Crippen molar-refractivity contribution in [2.75, 3.05) is 6.54 Å². The standard InChI is InChI=1S/C14H20N2O/c15-10-14(7-8-14)13(17)16-9-3-5-11-4-1-2-6-12(11)16/h11-12H,1-9H2. The molecule has 3 fully saturated rings. The topological polar surface area (TPSA) is 44.1 Å². The maximum Gasteiger partial charge on any atom is 0.243 e. The van der Waals surface area contributed by atoms with E-state index in [1.54, 1.807) is 0 Å². The van der Waals surface area contributed by atoms with Crippen LogP contribution in [0.1, 0.15) is 51.4 Å². The quantitative estimate of drug-likeness (QED) is 0.697. The third-order valence-corrected chi connectivity index (χ3v) is 4.88. The molecule has 17 heavy (non-hydrogen) atoms. The molecule has 1 amide bonds. The maximum atomic E-state index is 12.5. The van der Waals surface area contributed by atoms with Gasteiger partial charge in [-0.25, -0.2) is 0 Å². The molecule has 0 N–H and O–H groups in total. The van der Waals surface area contributed by atoms with Crippen LogP contribution in [0.5, 0.6) is 0 Å². The summed E-state index contributed by atoms with van der Waals surface area (Å²) < 4.78 is 0. The predicted molar refractivity (Wildman–Crippen MR) is 64.0 cm³/mol. The van der Waals surface area contributed by atoms with Crippen LogP contribution in [-0.2, 0) is 4.79 Å². The van der Waals surface area contributed by atoms with Crippen molar-refractivity contribution in [3.05, 3.63) is 0 Å². The van der Waals surface area contributed by atoms with E-state index in [0.29, 0.717) is 6.04 Å².